The van der Waals surface area contributed by atoms with E-state index < -0.39 is 17.8 Å². The minimum Gasteiger partial charge on any atom is -0.497 e. The number of halogens is 1. The lowest BCUT2D eigenvalue weighted by Crippen LogP contribution is -2.47. The zero-order chi connectivity index (χ0) is 24.5. The fourth-order valence-electron chi connectivity index (χ4n) is 3.74. The zero-order valence-corrected chi connectivity index (χ0v) is 19.8. The highest BCUT2D eigenvalue weighted by molar-refractivity contribution is 6.03. The van der Waals surface area contributed by atoms with E-state index in [0.717, 1.165) is 12.0 Å². The fraction of sp³-hybridized carbons (Fsp3) is 0.400. The number of nitrogens with zero attached hydrogens (tertiary/aromatic N) is 3. The third kappa shape index (κ3) is 6.11. The van der Waals surface area contributed by atoms with Crippen molar-refractivity contribution in [2.75, 3.05) is 40.5 Å². The van der Waals surface area contributed by atoms with Gasteiger partial charge in [0.1, 0.15) is 18.1 Å². The minimum atomic E-state index is -0.627. The van der Waals surface area contributed by atoms with E-state index in [-0.39, 0.29) is 25.7 Å². The Bertz CT molecular complexity index is 1030. The number of benzene rings is 2. The predicted molar refractivity (Wildman–Crippen MR) is 127 cm³/mol. The number of hydrogen-bond acceptors (Lipinski definition) is 5. The van der Waals surface area contributed by atoms with Gasteiger partial charge in [-0.05, 0) is 24.6 Å². The molecule has 9 heteroatoms. The van der Waals surface area contributed by atoms with Gasteiger partial charge < -0.3 is 19.7 Å². The average Bonchev–Trinajstić information content (AvgIpc) is 3.30. The van der Waals surface area contributed by atoms with Crippen LogP contribution < -0.4 is 10.1 Å². The molecule has 1 unspecified atom stereocenters. The van der Waals surface area contributed by atoms with E-state index in [0.29, 0.717) is 30.0 Å². The predicted octanol–water partition coefficient (Wildman–Crippen LogP) is 3.58. The molecule has 2 aromatic carbocycles. The lowest BCUT2D eigenvalue weighted by Gasteiger charge is -2.27. The highest BCUT2D eigenvalue weighted by atomic mass is 19.1. The van der Waals surface area contributed by atoms with Gasteiger partial charge in [0.05, 0.1) is 25.5 Å². The zero-order valence-electron chi connectivity index (χ0n) is 19.8. The Balaban J connectivity index is 1.90. The van der Waals surface area contributed by atoms with Crippen molar-refractivity contribution in [2.45, 2.75) is 25.8 Å². The molecule has 2 aromatic rings. The van der Waals surface area contributed by atoms with Gasteiger partial charge in [0.2, 0.25) is 0 Å². The van der Waals surface area contributed by atoms with Crippen LogP contribution in [0.15, 0.2) is 53.6 Å². The summed E-state index contributed by atoms with van der Waals surface area (Å²) in [5, 5.41) is 8.66. The topological polar surface area (TPSA) is 83.5 Å². The van der Waals surface area contributed by atoms with Crippen LogP contribution in [0, 0.1) is 5.82 Å². The number of amides is 3. The number of carbonyl (C=O) groups is 2. The largest absolute Gasteiger partial charge is 0.497 e. The highest BCUT2D eigenvalue weighted by Gasteiger charge is 2.35. The lowest BCUT2D eigenvalue weighted by molar-refractivity contribution is -0.133. The summed E-state index contributed by atoms with van der Waals surface area (Å²) in [6.07, 6.45) is 1.10. The molecule has 1 heterocycles. The number of hydrazone groups is 1. The molecule has 1 atom stereocenters. The second kappa shape index (κ2) is 12.1. The van der Waals surface area contributed by atoms with Crippen LogP contribution >= 0.6 is 0 Å². The van der Waals surface area contributed by atoms with E-state index in [1.807, 2.05) is 31.2 Å². The molecule has 1 N–H and O–H groups in total. The van der Waals surface area contributed by atoms with Crippen LogP contribution in [-0.2, 0) is 9.53 Å². The first-order valence-corrected chi connectivity index (χ1v) is 11.3. The van der Waals surface area contributed by atoms with E-state index in [9.17, 15) is 14.0 Å². The summed E-state index contributed by atoms with van der Waals surface area (Å²) in [4.78, 5) is 27.4. The average molecular weight is 471 g/mol. The number of methoxy groups -OCH3 is 2. The molecule has 0 fully saturated rings. The summed E-state index contributed by atoms with van der Waals surface area (Å²) >= 11 is 0. The third-order valence-electron chi connectivity index (χ3n) is 5.54. The molecule has 3 amide bonds. The Labute approximate surface area is 199 Å². The van der Waals surface area contributed by atoms with Crippen LogP contribution in [-0.4, -0.2) is 68.0 Å². The maximum absolute atomic E-state index is 14.7. The molecule has 0 aromatic heterocycles. The summed E-state index contributed by atoms with van der Waals surface area (Å²) in [7, 11) is 3.11. The van der Waals surface area contributed by atoms with E-state index >= 15 is 0 Å². The van der Waals surface area contributed by atoms with Gasteiger partial charge in [-0.3, -0.25) is 4.79 Å². The van der Waals surface area contributed by atoms with Crippen molar-refractivity contribution in [3.8, 4) is 5.75 Å². The summed E-state index contributed by atoms with van der Waals surface area (Å²) in [6.45, 7) is 2.75. The van der Waals surface area contributed by atoms with E-state index in [4.69, 9.17) is 9.47 Å². The van der Waals surface area contributed by atoms with E-state index in [1.54, 1.807) is 25.3 Å². The molecule has 8 nitrogen and oxygen atoms in total. The Hall–Kier alpha value is -3.46. The quantitative estimate of drug-likeness (QED) is 0.575. The molecule has 0 bridgehead atoms. The molecule has 34 heavy (non-hydrogen) atoms. The monoisotopic (exact) mass is 470 g/mol. The Morgan fingerprint density at radius 2 is 2.00 bits per heavy atom. The number of ether oxygens (including phenoxy) is 2. The Morgan fingerprint density at radius 1 is 1.21 bits per heavy atom. The number of rotatable bonds is 10. The number of carbonyl (C=O) groups excluding carboxylic acids is 2. The fourth-order valence-corrected chi connectivity index (χ4v) is 3.74. The van der Waals surface area contributed by atoms with Crippen molar-refractivity contribution in [1.29, 1.82) is 0 Å². The molecule has 0 spiro atoms. The van der Waals surface area contributed by atoms with Crippen molar-refractivity contribution < 1.29 is 23.5 Å². The molecule has 1 aliphatic rings. The molecule has 0 radical (unpaired) electrons. The smallest absolute Gasteiger partial charge is 0.317 e. The van der Waals surface area contributed by atoms with Crippen LogP contribution in [0.25, 0.3) is 0 Å². The standard InChI is InChI=1S/C25H31FN4O4/c1-4-12-27-25(32)29(13-14-33-2)17-24(31)30-23(20-10-5-6-11-21(20)26)16-22(28-30)18-8-7-9-19(15-18)34-3/h5-11,15,23H,4,12-14,16-17H2,1-3H3,(H,27,32). The van der Waals surface area contributed by atoms with E-state index in [2.05, 4.69) is 10.4 Å². The molecule has 0 aliphatic carbocycles. The number of nitrogens with one attached hydrogen (secondary N) is 1. The molecule has 0 saturated carbocycles. The molecule has 1 aliphatic heterocycles. The normalized spacial score (nSPS) is 15.1. The van der Waals surface area contributed by atoms with Crippen LogP contribution in [0.3, 0.4) is 0 Å². The third-order valence-corrected chi connectivity index (χ3v) is 5.54. The summed E-state index contributed by atoms with van der Waals surface area (Å²) < 4.78 is 25.1. The molecule has 3 rings (SSSR count). The van der Waals surface area contributed by atoms with Crippen LogP contribution in [0.2, 0.25) is 0 Å². The summed E-state index contributed by atoms with van der Waals surface area (Å²) in [6, 6.07) is 12.7. The van der Waals surface area contributed by atoms with Crippen molar-refractivity contribution in [3.63, 3.8) is 0 Å². The number of hydrogen-bond donors (Lipinski definition) is 1. The maximum Gasteiger partial charge on any atom is 0.317 e. The second-order valence-electron chi connectivity index (χ2n) is 7.90. The van der Waals surface area contributed by atoms with Gasteiger partial charge in [0.25, 0.3) is 5.91 Å². The first-order chi connectivity index (χ1) is 16.5. The number of urea groups is 1. The van der Waals surface area contributed by atoms with Crippen molar-refractivity contribution in [1.82, 2.24) is 15.2 Å². The Kier molecular flexibility index (Phi) is 8.98. The van der Waals surface area contributed by atoms with Crippen molar-refractivity contribution in [3.05, 3.63) is 65.5 Å². The summed E-state index contributed by atoms with van der Waals surface area (Å²) in [5.41, 5.74) is 1.80. The SMILES string of the molecule is CCCNC(=O)N(CCOC)CC(=O)N1N=C(c2cccc(OC)c2)CC1c1ccccc1F. The Morgan fingerprint density at radius 3 is 2.71 bits per heavy atom. The highest BCUT2D eigenvalue weighted by Crippen LogP contribution is 2.34. The second-order valence-corrected chi connectivity index (χ2v) is 7.90. The van der Waals surface area contributed by atoms with Crippen LogP contribution in [0.1, 0.15) is 36.9 Å². The van der Waals surface area contributed by atoms with Gasteiger partial charge >= 0.3 is 6.03 Å². The van der Waals surface area contributed by atoms with Gasteiger partial charge in [-0.15, -0.1) is 0 Å². The van der Waals surface area contributed by atoms with Gasteiger partial charge in [-0.1, -0.05) is 37.3 Å². The molecular formula is C25H31FN4O4. The molecular weight excluding hydrogens is 439 g/mol. The first kappa shape index (κ1) is 25.2. The summed E-state index contributed by atoms with van der Waals surface area (Å²) in [5.74, 6) is -0.163. The maximum atomic E-state index is 14.7. The van der Waals surface area contributed by atoms with E-state index in [1.165, 1.54) is 23.1 Å². The molecule has 182 valence electrons. The van der Waals surface area contributed by atoms with Gasteiger partial charge in [0.15, 0.2) is 0 Å². The first-order valence-electron chi connectivity index (χ1n) is 11.3. The lowest BCUT2D eigenvalue weighted by atomic mass is 9.98. The molecule has 0 saturated heterocycles. The van der Waals surface area contributed by atoms with Gasteiger partial charge in [0, 0.05) is 37.7 Å². The van der Waals surface area contributed by atoms with Crippen LogP contribution in [0.5, 0.6) is 5.75 Å². The minimum absolute atomic E-state index is 0.210. The van der Waals surface area contributed by atoms with Crippen molar-refractivity contribution in [2.24, 2.45) is 5.10 Å². The van der Waals surface area contributed by atoms with Gasteiger partial charge in [-0.2, -0.15) is 5.10 Å². The van der Waals surface area contributed by atoms with Crippen LogP contribution in [0.4, 0.5) is 9.18 Å². The van der Waals surface area contributed by atoms with Gasteiger partial charge in [-0.25, -0.2) is 14.2 Å². The van der Waals surface area contributed by atoms with Crippen molar-refractivity contribution >= 4 is 17.6 Å².